The van der Waals surface area contributed by atoms with Gasteiger partial charge in [0.1, 0.15) is 0 Å². The van der Waals surface area contributed by atoms with Crippen molar-refractivity contribution in [2.24, 2.45) is 0 Å². The van der Waals surface area contributed by atoms with Gasteiger partial charge in [0, 0.05) is 5.88 Å². The molecule has 0 aliphatic rings. The third-order valence-corrected chi connectivity index (χ3v) is 2.11. The van der Waals surface area contributed by atoms with E-state index in [-0.39, 0.29) is 10.6 Å². The van der Waals surface area contributed by atoms with Gasteiger partial charge in [-0.2, -0.15) is 0 Å². The second kappa shape index (κ2) is 5.03. The van der Waals surface area contributed by atoms with Gasteiger partial charge in [0.05, 0.1) is 10.6 Å². The van der Waals surface area contributed by atoms with Crippen LogP contribution in [0, 0.1) is 0 Å². The number of carboxylic acid groups (broad SMARTS) is 1. The lowest BCUT2D eigenvalue weighted by atomic mass is 10.1. The SMILES string of the molecule is O=C(O)c1ccc(C=CCCl)cc1Cl. The monoisotopic (exact) mass is 230 g/mol. The number of alkyl halides is 1. The van der Waals surface area contributed by atoms with E-state index in [2.05, 4.69) is 0 Å². The molecule has 0 aromatic heterocycles. The molecule has 0 fully saturated rings. The topological polar surface area (TPSA) is 37.3 Å². The molecule has 1 N–H and O–H groups in total. The summed E-state index contributed by atoms with van der Waals surface area (Å²) in [5, 5.41) is 8.94. The highest BCUT2D eigenvalue weighted by atomic mass is 35.5. The lowest BCUT2D eigenvalue weighted by Crippen LogP contribution is -1.96. The molecule has 0 atom stereocenters. The molecule has 0 aliphatic heterocycles. The van der Waals surface area contributed by atoms with E-state index in [0.717, 1.165) is 5.56 Å². The number of benzene rings is 1. The summed E-state index contributed by atoms with van der Waals surface area (Å²) in [5.41, 5.74) is 0.940. The van der Waals surface area contributed by atoms with Crippen molar-refractivity contribution in [1.29, 1.82) is 0 Å². The van der Waals surface area contributed by atoms with E-state index in [1.54, 1.807) is 24.3 Å². The summed E-state index contributed by atoms with van der Waals surface area (Å²) >= 11 is 11.2. The lowest BCUT2D eigenvalue weighted by molar-refractivity contribution is 0.0697. The first-order chi connectivity index (χ1) is 6.65. The predicted octanol–water partition coefficient (Wildman–Crippen LogP) is 3.29. The van der Waals surface area contributed by atoms with E-state index < -0.39 is 5.97 Å². The fraction of sp³-hybridized carbons (Fsp3) is 0.100. The van der Waals surface area contributed by atoms with Crippen LogP contribution in [-0.4, -0.2) is 17.0 Å². The molecule has 74 valence electrons. The quantitative estimate of drug-likeness (QED) is 0.810. The number of hydrogen-bond acceptors (Lipinski definition) is 1. The molecule has 0 amide bonds. The first kappa shape index (κ1) is 11.1. The van der Waals surface area contributed by atoms with Crippen LogP contribution < -0.4 is 0 Å². The number of halogens is 2. The zero-order valence-corrected chi connectivity index (χ0v) is 8.72. The molecule has 0 saturated carbocycles. The molecule has 1 aromatic rings. The molecular formula is C10H8Cl2O2. The summed E-state index contributed by atoms with van der Waals surface area (Å²) in [6, 6.07) is 4.74. The zero-order valence-electron chi connectivity index (χ0n) is 7.21. The van der Waals surface area contributed by atoms with Crippen molar-refractivity contribution in [2.75, 3.05) is 5.88 Å². The van der Waals surface area contributed by atoms with Crippen LogP contribution in [-0.2, 0) is 0 Å². The number of aromatic carboxylic acids is 1. The summed E-state index contributed by atoms with van der Waals surface area (Å²) in [5.74, 6) is -0.610. The fourth-order valence-corrected chi connectivity index (χ4v) is 1.35. The van der Waals surface area contributed by atoms with Gasteiger partial charge < -0.3 is 5.11 Å². The molecule has 0 radical (unpaired) electrons. The maximum atomic E-state index is 10.6. The molecule has 0 unspecified atom stereocenters. The van der Waals surface area contributed by atoms with E-state index in [9.17, 15) is 4.79 Å². The van der Waals surface area contributed by atoms with E-state index >= 15 is 0 Å². The van der Waals surface area contributed by atoms with Crippen LogP contribution in [0.1, 0.15) is 15.9 Å². The standard InChI is InChI=1S/C10H8Cl2O2/c11-5-1-2-7-3-4-8(10(13)14)9(12)6-7/h1-4,6H,5H2,(H,13,14). The number of rotatable bonds is 3. The molecule has 1 rings (SSSR count). The van der Waals surface area contributed by atoms with Gasteiger partial charge >= 0.3 is 5.97 Å². The summed E-state index contributed by atoms with van der Waals surface area (Å²) in [4.78, 5) is 10.6. The summed E-state index contributed by atoms with van der Waals surface area (Å²) in [7, 11) is 0. The highest BCUT2D eigenvalue weighted by Crippen LogP contribution is 2.18. The molecule has 0 aliphatic carbocycles. The fourth-order valence-electron chi connectivity index (χ4n) is 0.989. The first-order valence-corrected chi connectivity index (χ1v) is 4.81. The van der Waals surface area contributed by atoms with Crippen LogP contribution in [0.3, 0.4) is 0 Å². The third-order valence-electron chi connectivity index (χ3n) is 1.62. The highest BCUT2D eigenvalue weighted by molar-refractivity contribution is 6.33. The number of carboxylic acids is 1. The van der Waals surface area contributed by atoms with Crippen molar-refractivity contribution in [2.45, 2.75) is 0 Å². The average Bonchev–Trinajstić information content (AvgIpc) is 2.14. The van der Waals surface area contributed by atoms with Crippen molar-refractivity contribution in [3.8, 4) is 0 Å². The Bertz CT molecular complexity index is 372. The van der Waals surface area contributed by atoms with Gasteiger partial charge in [0.25, 0.3) is 0 Å². The zero-order chi connectivity index (χ0) is 10.6. The third kappa shape index (κ3) is 2.76. The lowest BCUT2D eigenvalue weighted by Gasteiger charge is -1.99. The van der Waals surface area contributed by atoms with E-state index in [4.69, 9.17) is 28.3 Å². The smallest absolute Gasteiger partial charge is 0.337 e. The Morgan fingerprint density at radius 1 is 1.50 bits per heavy atom. The normalized spacial score (nSPS) is 10.7. The van der Waals surface area contributed by atoms with Crippen LogP contribution in [0.25, 0.3) is 6.08 Å². The van der Waals surface area contributed by atoms with Crippen molar-refractivity contribution in [3.05, 3.63) is 40.4 Å². The maximum Gasteiger partial charge on any atom is 0.337 e. The van der Waals surface area contributed by atoms with Gasteiger partial charge in [-0.1, -0.05) is 29.8 Å². The van der Waals surface area contributed by atoms with Crippen molar-refractivity contribution >= 4 is 35.2 Å². The Labute approximate surface area is 91.8 Å². The first-order valence-electron chi connectivity index (χ1n) is 3.90. The molecule has 1 aromatic carbocycles. The van der Waals surface area contributed by atoms with Crippen LogP contribution in [0.5, 0.6) is 0 Å². The molecule has 4 heteroatoms. The average molecular weight is 231 g/mol. The Morgan fingerprint density at radius 2 is 2.21 bits per heavy atom. The second-order valence-electron chi connectivity index (χ2n) is 2.60. The summed E-state index contributed by atoms with van der Waals surface area (Å²) in [6.45, 7) is 0. The molecule has 0 spiro atoms. The van der Waals surface area contributed by atoms with Crippen molar-refractivity contribution in [3.63, 3.8) is 0 Å². The van der Waals surface area contributed by atoms with Crippen LogP contribution in [0.2, 0.25) is 5.02 Å². The molecule has 0 bridgehead atoms. The van der Waals surface area contributed by atoms with Gasteiger partial charge in [-0.3, -0.25) is 0 Å². The Morgan fingerprint density at radius 3 is 2.71 bits per heavy atom. The van der Waals surface area contributed by atoms with E-state index in [1.807, 2.05) is 0 Å². The Kier molecular flexibility index (Phi) is 3.98. The minimum atomic E-state index is -1.03. The second-order valence-corrected chi connectivity index (χ2v) is 3.32. The molecule has 2 nitrogen and oxygen atoms in total. The molecular weight excluding hydrogens is 223 g/mol. The van der Waals surface area contributed by atoms with Gasteiger partial charge in [-0.05, 0) is 17.7 Å². The summed E-state index contributed by atoms with van der Waals surface area (Å²) < 4.78 is 0. The van der Waals surface area contributed by atoms with E-state index in [0.29, 0.717) is 5.88 Å². The van der Waals surface area contributed by atoms with Gasteiger partial charge in [-0.25, -0.2) is 4.79 Å². The van der Waals surface area contributed by atoms with Crippen molar-refractivity contribution in [1.82, 2.24) is 0 Å². The van der Waals surface area contributed by atoms with Gasteiger partial charge in [0.15, 0.2) is 0 Å². The Balaban J connectivity index is 3.00. The van der Waals surface area contributed by atoms with Crippen LogP contribution in [0.15, 0.2) is 24.3 Å². The minimum Gasteiger partial charge on any atom is -0.478 e. The highest BCUT2D eigenvalue weighted by Gasteiger charge is 2.07. The van der Waals surface area contributed by atoms with Crippen LogP contribution in [0.4, 0.5) is 0 Å². The molecule has 14 heavy (non-hydrogen) atoms. The Hall–Kier alpha value is -0.990. The van der Waals surface area contributed by atoms with Gasteiger partial charge in [0.2, 0.25) is 0 Å². The van der Waals surface area contributed by atoms with Gasteiger partial charge in [-0.15, -0.1) is 11.6 Å². The predicted molar refractivity (Wildman–Crippen MR) is 58.2 cm³/mol. The van der Waals surface area contributed by atoms with E-state index in [1.165, 1.54) is 6.07 Å². The van der Waals surface area contributed by atoms with Crippen molar-refractivity contribution < 1.29 is 9.90 Å². The number of hydrogen-bond donors (Lipinski definition) is 1. The maximum absolute atomic E-state index is 10.6. The molecule has 0 saturated heterocycles. The number of allylic oxidation sites excluding steroid dienone is 1. The summed E-state index contributed by atoms with van der Waals surface area (Å²) in [6.07, 6.45) is 3.54. The number of carbonyl (C=O) groups is 1. The largest absolute Gasteiger partial charge is 0.478 e. The minimum absolute atomic E-state index is 0.106. The van der Waals surface area contributed by atoms with Crippen LogP contribution >= 0.6 is 23.2 Å². The molecule has 0 heterocycles.